The number of nitro groups is 1. The number of allylic oxidation sites excluding steroid dienone is 1. The number of benzene rings is 3. The molecular formula is C24H17N3O6. The van der Waals surface area contributed by atoms with E-state index in [0.29, 0.717) is 17.1 Å². The Bertz CT molecular complexity index is 1310. The topological polar surface area (TPSA) is 138 Å². The lowest BCUT2D eigenvalue weighted by atomic mass is 9.83. The van der Waals surface area contributed by atoms with E-state index in [2.05, 4.69) is 6.07 Å². The first-order valence-corrected chi connectivity index (χ1v) is 9.73. The Kier molecular flexibility index (Phi) is 5.66. The van der Waals surface area contributed by atoms with Crippen LogP contribution in [0.15, 0.2) is 78.2 Å². The molecule has 0 aromatic heterocycles. The van der Waals surface area contributed by atoms with Crippen molar-refractivity contribution in [2.45, 2.75) is 5.92 Å². The van der Waals surface area contributed by atoms with Crippen molar-refractivity contribution in [1.82, 2.24) is 0 Å². The molecule has 2 N–H and O–H groups in total. The number of nitrogens with two attached hydrogens (primary N) is 1. The quantitative estimate of drug-likeness (QED) is 0.270. The van der Waals surface area contributed by atoms with Crippen LogP contribution in [0, 0.1) is 21.4 Å². The molecular weight excluding hydrogens is 426 g/mol. The molecule has 0 bridgehead atoms. The van der Waals surface area contributed by atoms with E-state index in [-0.39, 0.29) is 28.5 Å². The zero-order chi connectivity index (χ0) is 23.5. The SMILES string of the molecule is COc1ccc(C2C(C#N)=C(N)Oc3cc(OC(=O)c4ccc([N+](=O)[O-])cc4)ccc32)cc1. The van der Waals surface area contributed by atoms with Gasteiger partial charge in [-0.1, -0.05) is 18.2 Å². The van der Waals surface area contributed by atoms with Crippen molar-refractivity contribution < 1.29 is 23.9 Å². The predicted molar refractivity (Wildman–Crippen MR) is 117 cm³/mol. The summed E-state index contributed by atoms with van der Waals surface area (Å²) in [5, 5.41) is 20.4. The second kappa shape index (κ2) is 8.72. The monoisotopic (exact) mass is 443 g/mol. The first-order chi connectivity index (χ1) is 15.9. The number of hydrogen-bond donors (Lipinski definition) is 1. The van der Waals surface area contributed by atoms with Crippen LogP contribution in [0.3, 0.4) is 0 Å². The highest BCUT2D eigenvalue weighted by Crippen LogP contribution is 2.43. The number of hydrogen-bond acceptors (Lipinski definition) is 8. The van der Waals surface area contributed by atoms with Crippen molar-refractivity contribution in [2.24, 2.45) is 5.73 Å². The van der Waals surface area contributed by atoms with Crippen LogP contribution in [0.25, 0.3) is 0 Å². The van der Waals surface area contributed by atoms with Gasteiger partial charge in [0.05, 0.1) is 23.5 Å². The molecule has 0 spiro atoms. The summed E-state index contributed by atoms with van der Waals surface area (Å²) in [5.74, 6) is 0.0254. The summed E-state index contributed by atoms with van der Waals surface area (Å²) in [6.07, 6.45) is 0. The number of esters is 1. The van der Waals surface area contributed by atoms with Gasteiger partial charge in [-0.2, -0.15) is 5.26 Å². The Morgan fingerprint density at radius 2 is 1.76 bits per heavy atom. The highest BCUT2D eigenvalue weighted by Gasteiger charge is 2.31. The van der Waals surface area contributed by atoms with Gasteiger partial charge < -0.3 is 19.9 Å². The van der Waals surface area contributed by atoms with Gasteiger partial charge in [-0.05, 0) is 35.9 Å². The molecule has 33 heavy (non-hydrogen) atoms. The van der Waals surface area contributed by atoms with E-state index in [4.69, 9.17) is 19.9 Å². The van der Waals surface area contributed by atoms with Crippen molar-refractivity contribution in [2.75, 3.05) is 7.11 Å². The van der Waals surface area contributed by atoms with Gasteiger partial charge in [0.2, 0.25) is 5.88 Å². The lowest BCUT2D eigenvalue weighted by molar-refractivity contribution is -0.384. The minimum absolute atomic E-state index is 0.0373. The molecule has 0 amide bonds. The number of carbonyl (C=O) groups excluding carboxylic acids is 1. The largest absolute Gasteiger partial charge is 0.497 e. The number of methoxy groups -OCH3 is 1. The van der Waals surface area contributed by atoms with Gasteiger partial charge in [0.1, 0.15) is 28.9 Å². The predicted octanol–water partition coefficient (Wildman–Crippen LogP) is 4.04. The van der Waals surface area contributed by atoms with Gasteiger partial charge in [-0.3, -0.25) is 10.1 Å². The van der Waals surface area contributed by atoms with Crippen LogP contribution < -0.4 is 19.9 Å². The zero-order valence-corrected chi connectivity index (χ0v) is 17.3. The number of nitro benzene ring substituents is 1. The average molecular weight is 443 g/mol. The molecule has 0 saturated carbocycles. The summed E-state index contributed by atoms with van der Waals surface area (Å²) in [6, 6.07) is 19.2. The standard InChI is InChI=1S/C24H17N3O6/c1-31-17-8-4-14(5-9-17)22-19-11-10-18(12-21(19)33-23(26)20(22)13-25)32-24(28)15-2-6-16(7-3-15)27(29)30/h2-12,22H,26H2,1H3. The molecule has 0 radical (unpaired) electrons. The number of rotatable bonds is 5. The average Bonchev–Trinajstić information content (AvgIpc) is 2.83. The molecule has 1 aliphatic heterocycles. The lowest BCUT2D eigenvalue weighted by Gasteiger charge is -2.26. The van der Waals surface area contributed by atoms with Crippen molar-refractivity contribution in [3.05, 3.63) is 105 Å². The Morgan fingerprint density at radius 3 is 2.36 bits per heavy atom. The Hall–Kier alpha value is -4.84. The normalized spacial score (nSPS) is 14.5. The summed E-state index contributed by atoms with van der Waals surface area (Å²) < 4.78 is 16.2. The molecule has 164 valence electrons. The van der Waals surface area contributed by atoms with E-state index in [1.54, 1.807) is 31.4 Å². The fourth-order valence-electron chi connectivity index (χ4n) is 3.52. The number of fused-ring (bicyclic) bond motifs is 1. The third-order valence-corrected chi connectivity index (χ3v) is 5.16. The number of nitriles is 1. The molecule has 1 atom stereocenters. The van der Waals surface area contributed by atoms with Crippen molar-refractivity contribution >= 4 is 11.7 Å². The Balaban J connectivity index is 1.64. The Labute approximate surface area is 188 Å². The van der Waals surface area contributed by atoms with Gasteiger partial charge in [-0.25, -0.2) is 4.79 Å². The van der Waals surface area contributed by atoms with Gasteiger partial charge in [0.25, 0.3) is 5.69 Å². The summed E-state index contributed by atoms with van der Waals surface area (Å²) in [5.41, 5.74) is 7.80. The maximum Gasteiger partial charge on any atom is 0.343 e. The number of non-ortho nitro benzene ring substituents is 1. The fourth-order valence-corrected chi connectivity index (χ4v) is 3.52. The molecule has 0 fully saturated rings. The molecule has 1 aliphatic rings. The Morgan fingerprint density at radius 1 is 1.09 bits per heavy atom. The van der Waals surface area contributed by atoms with E-state index in [9.17, 15) is 20.2 Å². The van der Waals surface area contributed by atoms with Crippen LogP contribution in [0.2, 0.25) is 0 Å². The van der Waals surface area contributed by atoms with Gasteiger partial charge >= 0.3 is 5.97 Å². The van der Waals surface area contributed by atoms with Gasteiger partial charge in [0.15, 0.2) is 0 Å². The van der Waals surface area contributed by atoms with Crippen molar-refractivity contribution in [1.29, 1.82) is 5.26 Å². The van der Waals surface area contributed by atoms with Crippen LogP contribution in [0.1, 0.15) is 27.4 Å². The second-order valence-corrected chi connectivity index (χ2v) is 7.09. The smallest absolute Gasteiger partial charge is 0.343 e. The number of carbonyl (C=O) groups is 1. The minimum Gasteiger partial charge on any atom is -0.497 e. The summed E-state index contributed by atoms with van der Waals surface area (Å²) in [4.78, 5) is 22.7. The molecule has 0 saturated heterocycles. The molecule has 1 heterocycles. The fraction of sp³-hybridized carbons (Fsp3) is 0.0833. The van der Waals surface area contributed by atoms with Crippen LogP contribution in [0.5, 0.6) is 17.2 Å². The van der Waals surface area contributed by atoms with Gasteiger partial charge in [-0.15, -0.1) is 0 Å². The van der Waals surface area contributed by atoms with E-state index in [1.165, 1.54) is 30.3 Å². The molecule has 3 aromatic rings. The van der Waals surface area contributed by atoms with Crippen molar-refractivity contribution in [3.8, 4) is 23.3 Å². The van der Waals surface area contributed by atoms with Gasteiger partial charge in [0, 0.05) is 23.8 Å². The third-order valence-electron chi connectivity index (χ3n) is 5.16. The van der Waals surface area contributed by atoms with E-state index in [1.807, 2.05) is 12.1 Å². The summed E-state index contributed by atoms with van der Waals surface area (Å²) in [6.45, 7) is 0. The molecule has 1 unspecified atom stereocenters. The third kappa shape index (κ3) is 4.18. The summed E-state index contributed by atoms with van der Waals surface area (Å²) in [7, 11) is 1.57. The van der Waals surface area contributed by atoms with Crippen LogP contribution >= 0.6 is 0 Å². The van der Waals surface area contributed by atoms with E-state index in [0.717, 1.165) is 5.56 Å². The van der Waals surface area contributed by atoms with Crippen molar-refractivity contribution in [3.63, 3.8) is 0 Å². The number of ether oxygens (including phenoxy) is 3. The molecule has 9 nitrogen and oxygen atoms in total. The minimum atomic E-state index is -0.686. The first kappa shape index (κ1) is 21.4. The lowest BCUT2D eigenvalue weighted by Crippen LogP contribution is -2.21. The maximum absolute atomic E-state index is 12.5. The highest BCUT2D eigenvalue weighted by molar-refractivity contribution is 5.91. The van der Waals surface area contributed by atoms with Crippen LogP contribution in [0.4, 0.5) is 5.69 Å². The summed E-state index contributed by atoms with van der Waals surface area (Å²) >= 11 is 0. The van der Waals surface area contributed by atoms with E-state index >= 15 is 0 Å². The molecule has 3 aromatic carbocycles. The highest BCUT2D eigenvalue weighted by atomic mass is 16.6. The van der Waals surface area contributed by atoms with Crippen LogP contribution in [-0.2, 0) is 0 Å². The maximum atomic E-state index is 12.5. The van der Waals surface area contributed by atoms with Crippen LogP contribution in [-0.4, -0.2) is 18.0 Å². The first-order valence-electron chi connectivity index (χ1n) is 9.73. The van der Waals surface area contributed by atoms with E-state index < -0.39 is 16.8 Å². The number of nitrogens with zero attached hydrogens (tertiary/aromatic N) is 2. The molecule has 0 aliphatic carbocycles. The molecule has 4 rings (SSSR count). The molecule has 9 heteroatoms. The zero-order valence-electron chi connectivity index (χ0n) is 17.3. The second-order valence-electron chi connectivity index (χ2n) is 7.09.